The van der Waals surface area contributed by atoms with Crippen molar-refractivity contribution in [2.75, 3.05) is 5.75 Å². The molecule has 4 aliphatic carbocycles. The van der Waals surface area contributed by atoms with Crippen LogP contribution in [0.2, 0.25) is 0 Å². The SMILES string of the molecule is C[C@H](CCCS(=O)(=O)O)C1CCC2C3CC[C@H]4C[C@@H](O)CCC4(C)C3CCC21C. The second kappa shape index (κ2) is 7.78. The lowest BCUT2D eigenvalue weighted by atomic mass is 9.44. The van der Waals surface area contributed by atoms with Gasteiger partial charge in [0.15, 0.2) is 0 Å². The number of hydrogen-bond donors (Lipinski definition) is 2. The van der Waals surface area contributed by atoms with Crippen LogP contribution in [0.5, 0.6) is 0 Å². The number of fused-ring (bicyclic) bond motifs is 5. The number of rotatable bonds is 5. The molecule has 0 aromatic heterocycles. The van der Waals surface area contributed by atoms with Crippen molar-refractivity contribution < 1.29 is 18.1 Å². The van der Waals surface area contributed by atoms with Crippen molar-refractivity contribution in [2.45, 2.75) is 97.5 Å². The highest BCUT2D eigenvalue weighted by atomic mass is 32.2. The van der Waals surface area contributed by atoms with Crippen LogP contribution >= 0.6 is 0 Å². The van der Waals surface area contributed by atoms with Gasteiger partial charge in [-0.3, -0.25) is 4.55 Å². The minimum absolute atomic E-state index is 0.0714. The van der Waals surface area contributed by atoms with Gasteiger partial charge in [-0.2, -0.15) is 8.42 Å². The normalized spacial score (nSPS) is 48.4. The summed E-state index contributed by atoms with van der Waals surface area (Å²) in [6.07, 6.45) is 12.6. The maximum absolute atomic E-state index is 11.1. The Morgan fingerprint density at radius 2 is 1.66 bits per heavy atom. The van der Waals surface area contributed by atoms with Gasteiger partial charge >= 0.3 is 0 Å². The first kappa shape index (κ1) is 22.1. The Morgan fingerprint density at radius 1 is 0.966 bits per heavy atom. The fraction of sp³-hybridized carbons (Fsp3) is 1.00. The summed E-state index contributed by atoms with van der Waals surface area (Å²) in [4.78, 5) is 0. The van der Waals surface area contributed by atoms with Crippen LogP contribution in [0.15, 0.2) is 0 Å². The molecule has 168 valence electrons. The monoisotopic (exact) mass is 426 g/mol. The van der Waals surface area contributed by atoms with Gasteiger partial charge in [-0.1, -0.05) is 20.8 Å². The molecule has 4 saturated carbocycles. The Balaban J connectivity index is 1.46. The van der Waals surface area contributed by atoms with Crippen molar-refractivity contribution in [1.29, 1.82) is 0 Å². The molecule has 4 fully saturated rings. The summed E-state index contributed by atoms with van der Waals surface area (Å²) in [6, 6.07) is 0. The van der Waals surface area contributed by atoms with E-state index in [9.17, 15) is 13.5 Å². The summed E-state index contributed by atoms with van der Waals surface area (Å²) in [5.41, 5.74) is 0.832. The molecule has 0 amide bonds. The van der Waals surface area contributed by atoms with E-state index in [0.717, 1.165) is 37.0 Å². The molecule has 4 aliphatic rings. The zero-order valence-corrected chi connectivity index (χ0v) is 19.5. The predicted octanol–water partition coefficient (Wildman–Crippen LogP) is 5.31. The van der Waals surface area contributed by atoms with Crippen molar-refractivity contribution in [3.05, 3.63) is 0 Å². The summed E-state index contributed by atoms with van der Waals surface area (Å²) in [7, 11) is -3.84. The van der Waals surface area contributed by atoms with E-state index in [-0.39, 0.29) is 11.9 Å². The third-order valence-electron chi connectivity index (χ3n) is 10.5. The predicted molar refractivity (Wildman–Crippen MR) is 116 cm³/mol. The van der Waals surface area contributed by atoms with Crippen molar-refractivity contribution in [2.24, 2.45) is 46.3 Å². The molecular weight excluding hydrogens is 384 g/mol. The van der Waals surface area contributed by atoms with Crippen molar-refractivity contribution >= 4 is 10.1 Å². The molecule has 29 heavy (non-hydrogen) atoms. The van der Waals surface area contributed by atoms with Crippen LogP contribution in [-0.4, -0.2) is 29.9 Å². The van der Waals surface area contributed by atoms with Gasteiger partial charge in [0.1, 0.15) is 0 Å². The minimum atomic E-state index is -3.84. The molecule has 5 heteroatoms. The van der Waals surface area contributed by atoms with Crippen LogP contribution in [0.3, 0.4) is 0 Å². The van der Waals surface area contributed by atoms with Crippen molar-refractivity contribution in [3.63, 3.8) is 0 Å². The minimum Gasteiger partial charge on any atom is -0.393 e. The molecule has 0 bridgehead atoms. The smallest absolute Gasteiger partial charge is 0.264 e. The van der Waals surface area contributed by atoms with Gasteiger partial charge in [-0.25, -0.2) is 0 Å². The Bertz CT molecular complexity index is 706. The molecule has 2 N–H and O–H groups in total. The molecule has 0 heterocycles. The van der Waals surface area contributed by atoms with E-state index >= 15 is 0 Å². The number of hydrogen-bond acceptors (Lipinski definition) is 3. The van der Waals surface area contributed by atoms with Gasteiger partial charge in [0.2, 0.25) is 0 Å². The lowest BCUT2D eigenvalue weighted by molar-refractivity contribution is -0.129. The summed E-state index contributed by atoms with van der Waals surface area (Å²) in [5.74, 6) is 4.34. The van der Waals surface area contributed by atoms with Crippen LogP contribution < -0.4 is 0 Å². The largest absolute Gasteiger partial charge is 0.393 e. The third-order valence-corrected chi connectivity index (χ3v) is 11.3. The fourth-order valence-corrected chi connectivity index (χ4v) is 9.53. The van der Waals surface area contributed by atoms with E-state index in [1.165, 1.54) is 44.9 Å². The van der Waals surface area contributed by atoms with Gasteiger partial charge in [-0.15, -0.1) is 0 Å². The number of aliphatic hydroxyl groups is 1. The highest BCUT2D eigenvalue weighted by molar-refractivity contribution is 7.85. The highest BCUT2D eigenvalue weighted by Crippen LogP contribution is 2.68. The molecule has 6 unspecified atom stereocenters. The molecule has 0 spiro atoms. The molecule has 0 aromatic rings. The Hall–Kier alpha value is -0.130. The van der Waals surface area contributed by atoms with Gasteiger partial charge in [0.25, 0.3) is 10.1 Å². The van der Waals surface area contributed by atoms with E-state index in [1.54, 1.807) is 0 Å². The molecule has 0 aliphatic heterocycles. The quantitative estimate of drug-likeness (QED) is 0.584. The van der Waals surface area contributed by atoms with Crippen LogP contribution in [0.1, 0.15) is 91.4 Å². The van der Waals surface area contributed by atoms with E-state index in [1.807, 2.05) is 0 Å². The summed E-state index contributed by atoms with van der Waals surface area (Å²) in [5, 5.41) is 10.2. The lowest BCUT2D eigenvalue weighted by Gasteiger charge is -2.61. The summed E-state index contributed by atoms with van der Waals surface area (Å²) < 4.78 is 31.2. The van der Waals surface area contributed by atoms with E-state index < -0.39 is 10.1 Å². The Kier molecular flexibility index (Phi) is 5.92. The lowest BCUT2D eigenvalue weighted by Crippen LogP contribution is -2.54. The maximum Gasteiger partial charge on any atom is 0.264 e. The van der Waals surface area contributed by atoms with Crippen molar-refractivity contribution in [3.8, 4) is 0 Å². The van der Waals surface area contributed by atoms with E-state index in [2.05, 4.69) is 20.8 Å². The summed E-state index contributed by atoms with van der Waals surface area (Å²) in [6.45, 7) is 7.41. The van der Waals surface area contributed by atoms with Gasteiger partial charge in [0, 0.05) is 0 Å². The first-order valence-corrected chi connectivity index (χ1v) is 13.8. The molecule has 0 radical (unpaired) electrons. The molecule has 0 saturated heterocycles. The topological polar surface area (TPSA) is 74.6 Å². The average molecular weight is 427 g/mol. The zero-order valence-electron chi connectivity index (χ0n) is 18.6. The fourth-order valence-electron chi connectivity index (χ4n) is 9.00. The van der Waals surface area contributed by atoms with Crippen molar-refractivity contribution in [1.82, 2.24) is 0 Å². The zero-order chi connectivity index (χ0) is 21.0. The molecular formula is C24H42O4S. The van der Waals surface area contributed by atoms with E-state index in [4.69, 9.17) is 4.55 Å². The van der Waals surface area contributed by atoms with Crippen LogP contribution in [0, 0.1) is 46.3 Å². The number of aliphatic hydroxyl groups excluding tert-OH is 1. The Morgan fingerprint density at radius 3 is 2.38 bits per heavy atom. The third kappa shape index (κ3) is 3.93. The molecule has 0 aromatic carbocycles. The van der Waals surface area contributed by atoms with Crippen LogP contribution in [-0.2, 0) is 10.1 Å². The first-order chi connectivity index (χ1) is 13.5. The maximum atomic E-state index is 11.1. The standard InChI is InChI=1S/C24H42O4S/c1-16(5-4-14-29(26,27)28)20-8-9-21-19-7-6-17-15-18(25)10-12-23(17,2)22(19)11-13-24(20,21)3/h16-22,25H,4-15H2,1-3H3,(H,26,27,28)/t16-,17+,18+,19?,20?,21?,22?,23?,24?/m1/s1. The van der Waals surface area contributed by atoms with Crippen LogP contribution in [0.4, 0.5) is 0 Å². The Labute approximate surface area is 178 Å². The average Bonchev–Trinajstić information content (AvgIpc) is 2.98. The van der Waals surface area contributed by atoms with E-state index in [0.29, 0.717) is 35.0 Å². The second-order valence-corrected chi connectivity index (χ2v) is 13.3. The van der Waals surface area contributed by atoms with Gasteiger partial charge in [-0.05, 0) is 117 Å². The second-order valence-electron chi connectivity index (χ2n) is 11.7. The molecule has 9 atom stereocenters. The first-order valence-electron chi connectivity index (χ1n) is 12.2. The van der Waals surface area contributed by atoms with Gasteiger partial charge in [0.05, 0.1) is 11.9 Å². The molecule has 4 rings (SSSR count). The van der Waals surface area contributed by atoms with Crippen LogP contribution in [0.25, 0.3) is 0 Å². The molecule has 4 nitrogen and oxygen atoms in total. The summed E-state index contributed by atoms with van der Waals surface area (Å²) >= 11 is 0. The highest BCUT2D eigenvalue weighted by Gasteiger charge is 2.60. The van der Waals surface area contributed by atoms with Gasteiger partial charge < -0.3 is 5.11 Å².